The molecule has 1 saturated heterocycles. The molecule has 0 aromatic rings. The highest BCUT2D eigenvalue weighted by Crippen LogP contribution is 2.34. The molecule has 2 fully saturated rings. The minimum Gasteiger partial charge on any atom is -0.381 e. The van der Waals surface area contributed by atoms with Crippen LogP contribution >= 0.6 is 11.8 Å². The van der Waals surface area contributed by atoms with Crippen molar-refractivity contribution < 1.29 is 4.74 Å². The Hall–Kier alpha value is -0.420. The van der Waals surface area contributed by atoms with E-state index in [-0.39, 0.29) is 0 Å². The highest BCUT2D eigenvalue weighted by atomic mass is 32.2. The molecule has 0 aromatic heterocycles. The Morgan fingerprint density at radius 3 is 2.70 bits per heavy atom. The number of nitrogens with zero attached hydrogens (tertiary/aromatic N) is 1. The van der Waals surface area contributed by atoms with Gasteiger partial charge < -0.3 is 15.4 Å². The third kappa shape index (κ3) is 5.86. The van der Waals surface area contributed by atoms with Gasteiger partial charge in [0, 0.05) is 37.6 Å². The van der Waals surface area contributed by atoms with Gasteiger partial charge in [0.1, 0.15) is 0 Å². The number of hydrogen-bond acceptors (Lipinski definition) is 3. The zero-order valence-electron chi connectivity index (χ0n) is 15.2. The van der Waals surface area contributed by atoms with Crippen LogP contribution in [0.15, 0.2) is 4.99 Å². The molecule has 0 bridgehead atoms. The van der Waals surface area contributed by atoms with E-state index in [1.54, 1.807) is 0 Å². The molecule has 4 nitrogen and oxygen atoms in total. The quantitative estimate of drug-likeness (QED) is 0.574. The van der Waals surface area contributed by atoms with Gasteiger partial charge in [-0.3, -0.25) is 4.99 Å². The molecule has 134 valence electrons. The standard InChI is InChI=1S/C18H35N3OS/c1-4-15-7-6-8-16(13-15)21-17(19-3)20-14-18(23-5-2)9-11-22-12-10-18/h15-16H,4-14H2,1-3H3,(H2,19,20,21). The summed E-state index contributed by atoms with van der Waals surface area (Å²) in [5, 5.41) is 7.27. The highest BCUT2D eigenvalue weighted by Gasteiger charge is 2.33. The number of thioether (sulfide) groups is 1. The van der Waals surface area contributed by atoms with Gasteiger partial charge in [-0.15, -0.1) is 0 Å². The van der Waals surface area contributed by atoms with Crippen molar-refractivity contribution in [3.63, 3.8) is 0 Å². The Balaban J connectivity index is 1.83. The molecule has 1 aliphatic heterocycles. The Kier molecular flexibility index (Phi) is 8.04. The molecule has 2 unspecified atom stereocenters. The molecule has 0 aromatic carbocycles. The number of aliphatic imine (C=N–C) groups is 1. The molecule has 2 atom stereocenters. The summed E-state index contributed by atoms with van der Waals surface area (Å²) < 4.78 is 5.87. The predicted molar refractivity (Wildman–Crippen MR) is 101 cm³/mol. The van der Waals surface area contributed by atoms with Gasteiger partial charge in [-0.1, -0.05) is 33.1 Å². The van der Waals surface area contributed by atoms with E-state index >= 15 is 0 Å². The summed E-state index contributed by atoms with van der Waals surface area (Å²) in [4.78, 5) is 4.46. The van der Waals surface area contributed by atoms with Crippen LogP contribution in [0.1, 0.15) is 58.8 Å². The molecule has 5 heteroatoms. The monoisotopic (exact) mass is 341 g/mol. The van der Waals surface area contributed by atoms with Crippen molar-refractivity contribution in [2.45, 2.75) is 69.6 Å². The maximum absolute atomic E-state index is 5.56. The van der Waals surface area contributed by atoms with E-state index < -0.39 is 0 Å². The average Bonchev–Trinajstić information content (AvgIpc) is 2.60. The number of hydrogen-bond donors (Lipinski definition) is 2. The molecule has 2 rings (SSSR count). The van der Waals surface area contributed by atoms with Gasteiger partial charge in [-0.2, -0.15) is 11.8 Å². The lowest BCUT2D eigenvalue weighted by Crippen LogP contribution is -2.50. The first kappa shape index (κ1) is 18.9. The molecule has 0 spiro atoms. The highest BCUT2D eigenvalue weighted by molar-refractivity contribution is 8.00. The number of nitrogens with one attached hydrogen (secondary N) is 2. The van der Waals surface area contributed by atoms with E-state index in [2.05, 4.69) is 41.2 Å². The van der Waals surface area contributed by atoms with Gasteiger partial charge in [-0.25, -0.2) is 0 Å². The fourth-order valence-electron chi connectivity index (χ4n) is 3.85. The van der Waals surface area contributed by atoms with Crippen LogP contribution < -0.4 is 10.6 Å². The molecule has 1 saturated carbocycles. The number of rotatable bonds is 6. The van der Waals surface area contributed by atoms with E-state index in [1.165, 1.54) is 32.1 Å². The van der Waals surface area contributed by atoms with Crippen molar-refractivity contribution in [1.82, 2.24) is 10.6 Å². The van der Waals surface area contributed by atoms with Gasteiger partial charge in [0.05, 0.1) is 0 Å². The summed E-state index contributed by atoms with van der Waals surface area (Å²) in [5.74, 6) is 3.03. The normalized spacial score (nSPS) is 28.4. The molecule has 23 heavy (non-hydrogen) atoms. The van der Waals surface area contributed by atoms with E-state index in [0.717, 1.165) is 50.2 Å². The summed E-state index contributed by atoms with van der Waals surface area (Å²) in [5.41, 5.74) is 0. The van der Waals surface area contributed by atoms with Crippen LogP contribution in [0.5, 0.6) is 0 Å². The van der Waals surface area contributed by atoms with E-state index in [0.29, 0.717) is 10.8 Å². The minimum absolute atomic E-state index is 0.309. The summed E-state index contributed by atoms with van der Waals surface area (Å²) in [6.45, 7) is 7.33. The summed E-state index contributed by atoms with van der Waals surface area (Å²) >= 11 is 2.08. The van der Waals surface area contributed by atoms with Crippen molar-refractivity contribution in [1.29, 1.82) is 0 Å². The van der Waals surface area contributed by atoms with Crippen molar-refractivity contribution >= 4 is 17.7 Å². The third-order valence-corrected chi connectivity index (χ3v) is 6.81. The van der Waals surface area contributed by atoms with Gasteiger partial charge in [0.25, 0.3) is 0 Å². The van der Waals surface area contributed by atoms with E-state index in [1.807, 2.05) is 7.05 Å². The maximum Gasteiger partial charge on any atom is 0.191 e. The molecule has 1 aliphatic carbocycles. The van der Waals surface area contributed by atoms with Crippen LogP contribution in [-0.2, 0) is 4.74 Å². The second kappa shape index (κ2) is 9.77. The maximum atomic E-state index is 5.56. The number of guanidine groups is 1. The lowest BCUT2D eigenvalue weighted by molar-refractivity contribution is 0.0782. The Morgan fingerprint density at radius 2 is 2.04 bits per heavy atom. The van der Waals surface area contributed by atoms with Crippen LogP contribution in [0.2, 0.25) is 0 Å². The van der Waals surface area contributed by atoms with Crippen LogP contribution in [0, 0.1) is 5.92 Å². The zero-order valence-corrected chi connectivity index (χ0v) is 16.0. The van der Waals surface area contributed by atoms with Crippen molar-refractivity contribution in [2.24, 2.45) is 10.9 Å². The lowest BCUT2D eigenvalue weighted by atomic mass is 9.84. The third-order valence-electron chi connectivity index (χ3n) is 5.36. The van der Waals surface area contributed by atoms with Crippen LogP contribution in [0.25, 0.3) is 0 Å². The van der Waals surface area contributed by atoms with Crippen molar-refractivity contribution in [3.05, 3.63) is 0 Å². The molecule has 0 radical (unpaired) electrons. The van der Waals surface area contributed by atoms with Crippen molar-refractivity contribution in [3.8, 4) is 0 Å². The first-order chi connectivity index (χ1) is 11.2. The summed E-state index contributed by atoms with van der Waals surface area (Å²) in [6.07, 6.45) is 8.89. The fourth-order valence-corrected chi connectivity index (χ4v) is 5.09. The molecule has 2 aliphatic rings. The SMILES string of the molecule is CCSC1(CNC(=NC)NC2CCCC(CC)C2)CCOCC1. The van der Waals surface area contributed by atoms with Gasteiger partial charge in [0.15, 0.2) is 5.96 Å². The minimum atomic E-state index is 0.309. The molecule has 0 amide bonds. The topological polar surface area (TPSA) is 45.7 Å². The molecular formula is C18H35N3OS. The molecular weight excluding hydrogens is 306 g/mol. The summed E-state index contributed by atoms with van der Waals surface area (Å²) in [6, 6.07) is 0.587. The summed E-state index contributed by atoms with van der Waals surface area (Å²) in [7, 11) is 1.89. The van der Waals surface area contributed by atoms with Crippen LogP contribution in [0.4, 0.5) is 0 Å². The second-order valence-corrected chi connectivity index (χ2v) is 8.67. The second-order valence-electron chi connectivity index (χ2n) is 6.94. The Bertz CT molecular complexity index is 364. The first-order valence-electron chi connectivity index (χ1n) is 9.40. The van der Waals surface area contributed by atoms with E-state index in [9.17, 15) is 0 Å². The van der Waals surface area contributed by atoms with Crippen LogP contribution in [-0.4, -0.2) is 49.3 Å². The fraction of sp³-hybridized carbons (Fsp3) is 0.944. The predicted octanol–water partition coefficient (Wildman–Crippen LogP) is 3.42. The average molecular weight is 342 g/mol. The first-order valence-corrected chi connectivity index (χ1v) is 10.4. The molecule has 2 N–H and O–H groups in total. The smallest absolute Gasteiger partial charge is 0.191 e. The lowest BCUT2D eigenvalue weighted by Gasteiger charge is -2.37. The Morgan fingerprint density at radius 1 is 1.26 bits per heavy atom. The molecule has 1 heterocycles. The number of ether oxygens (including phenoxy) is 1. The largest absolute Gasteiger partial charge is 0.381 e. The van der Waals surface area contributed by atoms with Gasteiger partial charge in [0.2, 0.25) is 0 Å². The van der Waals surface area contributed by atoms with Gasteiger partial charge in [-0.05, 0) is 37.4 Å². The van der Waals surface area contributed by atoms with Crippen LogP contribution in [0.3, 0.4) is 0 Å². The van der Waals surface area contributed by atoms with Gasteiger partial charge >= 0.3 is 0 Å². The zero-order chi connectivity index (χ0) is 16.5. The Labute approximate surface area is 146 Å². The van der Waals surface area contributed by atoms with Crippen molar-refractivity contribution in [2.75, 3.05) is 32.6 Å². The van der Waals surface area contributed by atoms with E-state index in [4.69, 9.17) is 4.74 Å².